The lowest BCUT2D eigenvalue weighted by molar-refractivity contribution is 0.102. The van der Waals surface area contributed by atoms with Crippen LogP contribution in [0, 0.1) is 13.8 Å². The molecule has 1 amide bonds. The molecule has 8 heteroatoms. The number of halogens is 2. The number of nitrogens with one attached hydrogen (secondary N) is 1. The van der Waals surface area contributed by atoms with Crippen LogP contribution < -0.4 is 5.32 Å². The molecule has 2 aromatic heterocycles. The molecule has 0 saturated carbocycles. The Morgan fingerprint density at radius 2 is 2.12 bits per heavy atom. The predicted octanol–water partition coefficient (Wildman–Crippen LogP) is 4.90. The molecule has 0 atom stereocenters. The fourth-order valence-electron chi connectivity index (χ4n) is 2.28. The number of carbonyl (C=O) groups is 1. The van der Waals surface area contributed by atoms with Crippen molar-refractivity contribution in [1.29, 1.82) is 0 Å². The van der Waals surface area contributed by atoms with Crippen LogP contribution >= 0.6 is 34.5 Å². The number of hydrogen-bond acceptors (Lipinski definition) is 5. The second kappa shape index (κ2) is 6.93. The molecule has 5 nitrogen and oxygen atoms in total. The first kappa shape index (κ1) is 17.0. The SMILES string of the molecule is Cc1noc(C)c1C(=O)Nc1ncc(Cc2cc(Cl)ccc2Cl)s1. The summed E-state index contributed by atoms with van der Waals surface area (Å²) >= 11 is 13.6. The number of thiazole rings is 1. The Labute approximate surface area is 152 Å². The van der Waals surface area contributed by atoms with Crippen LogP contribution in [0.25, 0.3) is 0 Å². The standard InChI is InChI=1S/C16H13Cl2N3O2S/c1-8-14(9(2)23-21-8)15(22)20-16-19-7-12(24-16)6-10-5-11(17)3-4-13(10)18/h3-5,7H,6H2,1-2H3,(H,19,20,22). The molecule has 1 N–H and O–H groups in total. The van der Waals surface area contributed by atoms with Gasteiger partial charge in [0.15, 0.2) is 5.13 Å². The lowest BCUT2D eigenvalue weighted by Gasteiger charge is -2.02. The van der Waals surface area contributed by atoms with Crippen LogP contribution in [0.1, 0.15) is 32.3 Å². The highest BCUT2D eigenvalue weighted by atomic mass is 35.5. The predicted molar refractivity (Wildman–Crippen MR) is 95.3 cm³/mol. The molecule has 24 heavy (non-hydrogen) atoms. The van der Waals surface area contributed by atoms with Gasteiger partial charge in [0.1, 0.15) is 11.3 Å². The van der Waals surface area contributed by atoms with E-state index in [4.69, 9.17) is 27.7 Å². The number of carbonyl (C=O) groups excluding carboxylic acids is 1. The van der Waals surface area contributed by atoms with Crippen LogP contribution in [0.2, 0.25) is 10.0 Å². The molecule has 0 aliphatic rings. The fourth-order valence-corrected chi connectivity index (χ4v) is 3.49. The topological polar surface area (TPSA) is 68.0 Å². The molecular weight excluding hydrogens is 369 g/mol. The molecule has 0 fully saturated rings. The second-order valence-corrected chi connectivity index (χ2v) is 7.16. The third kappa shape index (κ3) is 3.61. The van der Waals surface area contributed by atoms with E-state index < -0.39 is 0 Å². The Hall–Kier alpha value is -1.89. The maximum absolute atomic E-state index is 12.3. The first-order valence-electron chi connectivity index (χ1n) is 7.07. The molecule has 0 unspecified atom stereocenters. The first-order valence-corrected chi connectivity index (χ1v) is 8.64. The lowest BCUT2D eigenvalue weighted by Crippen LogP contribution is -2.13. The second-order valence-electron chi connectivity index (χ2n) is 5.20. The van der Waals surface area contributed by atoms with Gasteiger partial charge < -0.3 is 4.52 Å². The van der Waals surface area contributed by atoms with E-state index in [0.29, 0.717) is 38.6 Å². The van der Waals surface area contributed by atoms with E-state index in [1.807, 2.05) is 6.07 Å². The summed E-state index contributed by atoms with van der Waals surface area (Å²) in [6, 6.07) is 5.33. The Bertz CT molecular complexity index is 885. The van der Waals surface area contributed by atoms with Crippen LogP contribution in [0.4, 0.5) is 5.13 Å². The summed E-state index contributed by atoms with van der Waals surface area (Å²) in [5.41, 5.74) is 1.90. The van der Waals surface area contributed by atoms with Crippen LogP contribution in [-0.4, -0.2) is 16.0 Å². The number of anilines is 1. The summed E-state index contributed by atoms with van der Waals surface area (Å²) in [7, 11) is 0. The van der Waals surface area contributed by atoms with Gasteiger partial charge in [-0.3, -0.25) is 10.1 Å². The van der Waals surface area contributed by atoms with Crippen molar-refractivity contribution in [2.24, 2.45) is 0 Å². The fraction of sp³-hybridized carbons (Fsp3) is 0.188. The summed E-state index contributed by atoms with van der Waals surface area (Å²) in [6.07, 6.45) is 2.31. The molecule has 3 rings (SSSR count). The molecule has 0 saturated heterocycles. The van der Waals surface area contributed by atoms with Gasteiger partial charge in [0, 0.05) is 27.5 Å². The van der Waals surface area contributed by atoms with Crippen molar-refractivity contribution in [2.75, 3.05) is 5.32 Å². The molecule has 0 aliphatic heterocycles. The number of hydrogen-bond donors (Lipinski definition) is 1. The number of rotatable bonds is 4. The molecular formula is C16H13Cl2N3O2S. The van der Waals surface area contributed by atoms with Crippen molar-refractivity contribution in [3.05, 3.63) is 61.9 Å². The summed E-state index contributed by atoms with van der Waals surface area (Å²) < 4.78 is 5.01. The molecule has 2 heterocycles. The van der Waals surface area contributed by atoms with Crippen molar-refractivity contribution in [2.45, 2.75) is 20.3 Å². The van der Waals surface area contributed by atoms with Gasteiger partial charge in [0.25, 0.3) is 5.91 Å². The summed E-state index contributed by atoms with van der Waals surface area (Å²) in [5.74, 6) is 0.195. The van der Waals surface area contributed by atoms with Gasteiger partial charge in [-0.25, -0.2) is 4.98 Å². The number of benzene rings is 1. The molecule has 0 aliphatic carbocycles. The Kier molecular flexibility index (Phi) is 4.89. The Morgan fingerprint density at radius 1 is 1.33 bits per heavy atom. The van der Waals surface area contributed by atoms with Crippen molar-refractivity contribution in [1.82, 2.24) is 10.1 Å². The van der Waals surface area contributed by atoms with E-state index >= 15 is 0 Å². The van der Waals surface area contributed by atoms with E-state index in [1.54, 1.807) is 32.2 Å². The van der Waals surface area contributed by atoms with Crippen LogP contribution in [0.15, 0.2) is 28.9 Å². The minimum atomic E-state index is -0.284. The maximum Gasteiger partial charge on any atom is 0.262 e. The molecule has 124 valence electrons. The average molecular weight is 382 g/mol. The third-order valence-electron chi connectivity index (χ3n) is 3.41. The zero-order valence-electron chi connectivity index (χ0n) is 12.9. The number of amides is 1. The first-order chi connectivity index (χ1) is 11.4. The van der Waals surface area contributed by atoms with Crippen molar-refractivity contribution < 1.29 is 9.32 Å². The Morgan fingerprint density at radius 3 is 2.83 bits per heavy atom. The van der Waals surface area contributed by atoms with Gasteiger partial charge in [-0.1, -0.05) is 28.4 Å². The Balaban J connectivity index is 1.74. The van der Waals surface area contributed by atoms with Crippen molar-refractivity contribution >= 4 is 45.6 Å². The highest BCUT2D eigenvalue weighted by Crippen LogP contribution is 2.27. The number of aromatic nitrogens is 2. The van der Waals surface area contributed by atoms with E-state index in [9.17, 15) is 4.79 Å². The minimum Gasteiger partial charge on any atom is -0.361 e. The maximum atomic E-state index is 12.3. The zero-order valence-corrected chi connectivity index (χ0v) is 15.2. The zero-order chi connectivity index (χ0) is 17.3. The summed E-state index contributed by atoms with van der Waals surface area (Å²) in [4.78, 5) is 17.5. The van der Waals surface area contributed by atoms with Gasteiger partial charge in [0.05, 0.1) is 5.69 Å². The summed E-state index contributed by atoms with van der Waals surface area (Å²) in [5, 5.41) is 8.33. The number of aryl methyl sites for hydroxylation is 2. The minimum absolute atomic E-state index is 0.284. The average Bonchev–Trinajstić information content (AvgIpc) is 3.09. The molecule has 0 spiro atoms. The largest absolute Gasteiger partial charge is 0.361 e. The van der Waals surface area contributed by atoms with E-state index in [1.165, 1.54) is 11.3 Å². The van der Waals surface area contributed by atoms with Gasteiger partial charge in [-0.2, -0.15) is 0 Å². The normalized spacial score (nSPS) is 10.8. The summed E-state index contributed by atoms with van der Waals surface area (Å²) in [6.45, 7) is 3.42. The molecule has 3 aromatic rings. The van der Waals surface area contributed by atoms with Crippen molar-refractivity contribution in [3.63, 3.8) is 0 Å². The van der Waals surface area contributed by atoms with Crippen molar-refractivity contribution in [3.8, 4) is 0 Å². The quantitative estimate of drug-likeness (QED) is 0.697. The van der Waals surface area contributed by atoms with Crippen LogP contribution in [0.3, 0.4) is 0 Å². The third-order valence-corrected chi connectivity index (χ3v) is 4.92. The van der Waals surface area contributed by atoms with Gasteiger partial charge >= 0.3 is 0 Å². The van der Waals surface area contributed by atoms with Crippen LogP contribution in [-0.2, 0) is 6.42 Å². The van der Waals surface area contributed by atoms with E-state index in [-0.39, 0.29) is 5.91 Å². The molecule has 0 radical (unpaired) electrons. The van der Waals surface area contributed by atoms with Gasteiger partial charge in [0.2, 0.25) is 0 Å². The number of nitrogens with zero attached hydrogens (tertiary/aromatic N) is 2. The smallest absolute Gasteiger partial charge is 0.262 e. The van der Waals surface area contributed by atoms with Crippen LogP contribution in [0.5, 0.6) is 0 Å². The lowest BCUT2D eigenvalue weighted by atomic mass is 10.1. The highest BCUT2D eigenvalue weighted by molar-refractivity contribution is 7.15. The molecule has 0 bridgehead atoms. The highest BCUT2D eigenvalue weighted by Gasteiger charge is 2.18. The molecule has 1 aromatic carbocycles. The van der Waals surface area contributed by atoms with Gasteiger partial charge in [-0.15, -0.1) is 11.3 Å². The monoisotopic (exact) mass is 381 g/mol. The van der Waals surface area contributed by atoms with Gasteiger partial charge in [-0.05, 0) is 37.6 Å². The van der Waals surface area contributed by atoms with E-state index in [0.717, 1.165) is 10.4 Å². The van der Waals surface area contributed by atoms with E-state index in [2.05, 4.69) is 15.5 Å².